The van der Waals surface area contributed by atoms with Gasteiger partial charge in [0.05, 0.1) is 17.7 Å². The van der Waals surface area contributed by atoms with E-state index in [1.54, 1.807) is 60.7 Å². The van der Waals surface area contributed by atoms with Gasteiger partial charge in [0.25, 0.3) is 0 Å². The molecule has 26 heavy (non-hydrogen) atoms. The van der Waals surface area contributed by atoms with E-state index in [9.17, 15) is 14.0 Å². The maximum Gasteiger partial charge on any atom is 0.338 e. The van der Waals surface area contributed by atoms with E-state index >= 15 is 0 Å². The number of carbonyl (C=O) groups excluding carboxylic acids is 2. The van der Waals surface area contributed by atoms with Crippen LogP contribution in [0, 0.1) is 0 Å². The molecule has 1 saturated heterocycles. The SMILES string of the molecule is O=C(O[C@@H]1[C@H](Br)[C@@H](F)OC[C@H]1OC(=O)c1ccccc1)c1ccccc1. The van der Waals surface area contributed by atoms with Gasteiger partial charge in [-0.2, -0.15) is 0 Å². The van der Waals surface area contributed by atoms with Gasteiger partial charge in [-0.1, -0.05) is 52.3 Å². The fourth-order valence-electron chi connectivity index (χ4n) is 2.52. The van der Waals surface area contributed by atoms with Crippen molar-refractivity contribution in [3.05, 3.63) is 71.8 Å². The average Bonchev–Trinajstić information content (AvgIpc) is 2.68. The maximum atomic E-state index is 13.9. The normalized spacial score (nSPS) is 25.3. The number of carbonyl (C=O) groups is 2. The summed E-state index contributed by atoms with van der Waals surface area (Å²) in [4.78, 5) is 23.6. The fraction of sp³-hybridized carbons (Fsp3) is 0.263. The van der Waals surface area contributed by atoms with Crippen LogP contribution in [0.5, 0.6) is 0 Å². The molecule has 0 saturated carbocycles. The van der Waals surface area contributed by atoms with Crippen molar-refractivity contribution in [1.82, 2.24) is 0 Å². The molecule has 0 N–H and O–H groups in total. The van der Waals surface area contributed by atoms with Gasteiger partial charge in [-0.25, -0.2) is 14.0 Å². The molecule has 3 rings (SSSR count). The first-order chi connectivity index (χ1) is 12.6. The minimum atomic E-state index is -1.68. The van der Waals surface area contributed by atoms with E-state index in [4.69, 9.17) is 14.2 Å². The molecule has 0 aliphatic carbocycles. The van der Waals surface area contributed by atoms with Gasteiger partial charge in [-0.3, -0.25) is 0 Å². The van der Waals surface area contributed by atoms with Crippen LogP contribution in [0.3, 0.4) is 0 Å². The van der Waals surface area contributed by atoms with E-state index in [0.29, 0.717) is 11.1 Å². The van der Waals surface area contributed by atoms with Crippen molar-refractivity contribution < 1.29 is 28.2 Å². The first-order valence-corrected chi connectivity index (χ1v) is 8.89. The second kappa shape index (κ2) is 8.42. The molecular weight excluding hydrogens is 407 g/mol. The molecule has 1 fully saturated rings. The van der Waals surface area contributed by atoms with Gasteiger partial charge in [0, 0.05) is 0 Å². The Labute approximate surface area is 158 Å². The van der Waals surface area contributed by atoms with Crippen LogP contribution < -0.4 is 0 Å². The summed E-state index contributed by atoms with van der Waals surface area (Å²) in [6.45, 7) is -0.214. The van der Waals surface area contributed by atoms with Crippen molar-refractivity contribution in [2.75, 3.05) is 6.61 Å². The van der Waals surface area contributed by atoms with Gasteiger partial charge in [-0.15, -0.1) is 0 Å². The first-order valence-electron chi connectivity index (χ1n) is 7.98. The third-order valence-electron chi connectivity index (χ3n) is 3.87. The van der Waals surface area contributed by atoms with Crippen LogP contribution in [0.1, 0.15) is 20.7 Å². The lowest BCUT2D eigenvalue weighted by Gasteiger charge is -2.36. The molecule has 2 aromatic carbocycles. The molecule has 1 heterocycles. The van der Waals surface area contributed by atoms with E-state index < -0.39 is 35.3 Å². The Hall–Kier alpha value is -2.25. The topological polar surface area (TPSA) is 61.8 Å². The number of benzene rings is 2. The fourth-order valence-corrected chi connectivity index (χ4v) is 3.12. The summed E-state index contributed by atoms with van der Waals surface area (Å²) < 4.78 is 29.7. The lowest BCUT2D eigenvalue weighted by Crippen LogP contribution is -2.52. The Bertz CT molecular complexity index is 755. The molecule has 136 valence electrons. The molecule has 0 radical (unpaired) electrons. The number of rotatable bonds is 4. The van der Waals surface area contributed by atoms with Crippen LogP contribution >= 0.6 is 15.9 Å². The Morgan fingerprint density at radius 3 is 1.96 bits per heavy atom. The van der Waals surface area contributed by atoms with Crippen LogP contribution in [0.25, 0.3) is 0 Å². The van der Waals surface area contributed by atoms with Gasteiger partial charge in [0.15, 0.2) is 12.2 Å². The monoisotopic (exact) mass is 422 g/mol. The van der Waals surface area contributed by atoms with Crippen molar-refractivity contribution in [2.24, 2.45) is 0 Å². The highest BCUT2D eigenvalue weighted by molar-refractivity contribution is 9.09. The van der Waals surface area contributed by atoms with E-state index in [0.717, 1.165) is 0 Å². The summed E-state index contributed by atoms with van der Waals surface area (Å²) in [5.41, 5.74) is 0.663. The minimum absolute atomic E-state index is 0.214. The number of halogens is 2. The quantitative estimate of drug-likeness (QED) is 0.557. The summed E-state index contributed by atoms with van der Waals surface area (Å²) in [7, 11) is 0. The summed E-state index contributed by atoms with van der Waals surface area (Å²) >= 11 is 3.14. The van der Waals surface area contributed by atoms with E-state index in [1.807, 2.05) is 0 Å². The van der Waals surface area contributed by atoms with Crippen molar-refractivity contribution in [3.63, 3.8) is 0 Å². The zero-order chi connectivity index (χ0) is 18.5. The number of hydrogen-bond donors (Lipinski definition) is 0. The third-order valence-corrected chi connectivity index (χ3v) is 4.81. The molecule has 0 aromatic heterocycles. The molecule has 1 aliphatic heterocycles. The smallest absolute Gasteiger partial charge is 0.338 e. The molecule has 0 bridgehead atoms. The summed E-state index contributed by atoms with van der Waals surface area (Å²) in [6, 6.07) is 16.7. The second-order valence-electron chi connectivity index (χ2n) is 5.67. The summed E-state index contributed by atoms with van der Waals surface area (Å²) in [5.74, 6) is -1.23. The number of ether oxygens (including phenoxy) is 3. The Morgan fingerprint density at radius 2 is 1.42 bits per heavy atom. The lowest BCUT2D eigenvalue weighted by molar-refractivity contribution is -0.159. The first kappa shape index (κ1) is 18.5. The van der Waals surface area contributed by atoms with Crippen molar-refractivity contribution in [3.8, 4) is 0 Å². The number of hydrogen-bond acceptors (Lipinski definition) is 5. The van der Waals surface area contributed by atoms with Crippen molar-refractivity contribution in [2.45, 2.75) is 23.4 Å². The average molecular weight is 423 g/mol. The minimum Gasteiger partial charge on any atom is -0.453 e. The highest BCUT2D eigenvalue weighted by Crippen LogP contribution is 2.28. The van der Waals surface area contributed by atoms with Crippen LogP contribution in [0.2, 0.25) is 0 Å². The molecule has 0 spiro atoms. The van der Waals surface area contributed by atoms with Crippen LogP contribution in [-0.2, 0) is 14.2 Å². The van der Waals surface area contributed by atoms with Gasteiger partial charge in [0.1, 0.15) is 4.83 Å². The zero-order valence-electron chi connectivity index (χ0n) is 13.6. The van der Waals surface area contributed by atoms with Crippen LogP contribution in [0.15, 0.2) is 60.7 Å². The molecular formula is C19H16BrFO5. The Morgan fingerprint density at radius 1 is 0.923 bits per heavy atom. The van der Waals surface area contributed by atoms with Gasteiger partial charge in [-0.05, 0) is 24.3 Å². The summed E-state index contributed by atoms with van der Waals surface area (Å²) in [6.07, 6.45) is -3.65. The van der Waals surface area contributed by atoms with Crippen molar-refractivity contribution >= 4 is 27.9 Å². The largest absolute Gasteiger partial charge is 0.453 e. The van der Waals surface area contributed by atoms with Crippen LogP contribution in [-0.4, -0.2) is 41.9 Å². The van der Waals surface area contributed by atoms with Crippen molar-refractivity contribution in [1.29, 1.82) is 0 Å². The number of esters is 2. The third kappa shape index (κ3) is 4.28. The highest BCUT2D eigenvalue weighted by atomic mass is 79.9. The molecule has 0 amide bonds. The molecule has 2 aromatic rings. The van der Waals surface area contributed by atoms with Gasteiger partial charge < -0.3 is 14.2 Å². The Balaban J connectivity index is 1.74. The van der Waals surface area contributed by atoms with E-state index in [1.165, 1.54) is 0 Å². The van der Waals surface area contributed by atoms with Gasteiger partial charge >= 0.3 is 11.9 Å². The molecule has 1 aliphatic rings. The summed E-state index contributed by atoms with van der Waals surface area (Å²) in [5, 5.41) is 0. The highest BCUT2D eigenvalue weighted by Gasteiger charge is 2.44. The molecule has 4 atom stereocenters. The second-order valence-corrected chi connectivity index (χ2v) is 6.73. The predicted molar refractivity (Wildman–Crippen MR) is 94.9 cm³/mol. The molecule has 7 heteroatoms. The lowest BCUT2D eigenvalue weighted by atomic mass is 10.1. The molecule has 0 unspecified atom stereocenters. The maximum absolute atomic E-state index is 13.9. The predicted octanol–water partition coefficient (Wildman–Crippen LogP) is 3.53. The van der Waals surface area contributed by atoms with E-state index in [2.05, 4.69) is 15.9 Å². The van der Waals surface area contributed by atoms with E-state index in [-0.39, 0.29) is 6.61 Å². The van der Waals surface area contributed by atoms with Crippen LogP contribution in [0.4, 0.5) is 4.39 Å². The standard InChI is InChI=1S/C19H16BrFO5/c20-15-16(26-19(23)13-9-5-2-6-10-13)14(11-24-17(15)21)25-18(22)12-7-3-1-4-8-12/h1-10,14-17H,11H2/t14-,15+,16+,17+/m1/s1. The number of alkyl halides is 2. The van der Waals surface area contributed by atoms with Gasteiger partial charge in [0.2, 0.25) is 6.36 Å². The zero-order valence-corrected chi connectivity index (χ0v) is 15.2. The Kier molecular flexibility index (Phi) is 6.00. The molecule has 5 nitrogen and oxygen atoms in total.